The van der Waals surface area contributed by atoms with Crippen molar-refractivity contribution in [1.29, 1.82) is 0 Å². The number of nitrogens with zero attached hydrogens (tertiary/aromatic N) is 3. The minimum atomic E-state index is -0.368. The Kier molecular flexibility index (Phi) is 5.88. The highest BCUT2D eigenvalue weighted by Crippen LogP contribution is 2.30. The van der Waals surface area contributed by atoms with Gasteiger partial charge in [-0.3, -0.25) is 9.36 Å². The number of benzene rings is 1. The van der Waals surface area contributed by atoms with Gasteiger partial charge in [-0.05, 0) is 42.0 Å². The molecule has 7 heteroatoms. The molecule has 25 heavy (non-hydrogen) atoms. The van der Waals surface area contributed by atoms with E-state index in [2.05, 4.69) is 41.4 Å². The van der Waals surface area contributed by atoms with E-state index in [4.69, 9.17) is 5.73 Å². The molecule has 0 saturated carbocycles. The summed E-state index contributed by atoms with van der Waals surface area (Å²) < 4.78 is 1.99. The van der Waals surface area contributed by atoms with Crippen molar-refractivity contribution in [1.82, 2.24) is 14.8 Å². The second-order valence-corrected chi connectivity index (χ2v) is 7.53. The molecule has 0 unspecified atom stereocenters. The Hall–Kier alpha value is -2.12. The predicted molar refractivity (Wildman–Crippen MR) is 103 cm³/mol. The van der Waals surface area contributed by atoms with E-state index in [-0.39, 0.29) is 11.7 Å². The quantitative estimate of drug-likeness (QED) is 0.608. The summed E-state index contributed by atoms with van der Waals surface area (Å²) >= 11 is 2.92. The number of primary amides is 1. The van der Waals surface area contributed by atoms with E-state index < -0.39 is 0 Å². The van der Waals surface area contributed by atoms with E-state index >= 15 is 0 Å². The number of aryl methyl sites for hydroxylation is 1. The number of carbonyl (C=O) groups is 1. The van der Waals surface area contributed by atoms with E-state index in [0.717, 1.165) is 22.8 Å². The maximum absolute atomic E-state index is 11.1. The Balaban J connectivity index is 1.96. The van der Waals surface area contributed by atoms with Gasteiger partial charge in [-0.1, -0.05) is 43.3 Å². The van der Waals surface area contributed by atoms with Crippen molar-refractivity contribution < 1.29 is 4.79 Å². The van der Waals surface area contributed by atoms with Gasteiger partial charge >= 0.3 is 0 Å². The smallest absolute Gasteiger partial charge is 0.227 e. The Labute approximate surface area is 155 Å². The van der Waals surface area contributed by atoms with Gasteiger partial charge in [0.1, 0.15) is 0 Å². The minimum absolute atomic E-state index is 0.178. The molecule has 2 N–H and O–H groups in total. The van der Waals surface area contributed by atoms with Gasteiger partial charge in [0.15, 0.2) is 11.0 Å². The summed E-state index contributed by atoms with van der Waals surface area (Å²) in [5.41, 5.74) is 7.59. The van der Waals surface area contributed by atoms with Crippen molar-refractivity contribution in [2.24, 2.45) is 5.73 Å². The lowest BCUT2D eigenvalue weighted by atomic mass is 10.1. The Bertz CT molecular complexity index is 825. The number of unbranched alkanes of at least 4 members (excludes halogenated alkanes) is 1. The number of rotatable bonds is 8. The molecular weight excluding hydrogens is 352 g/mol. The molecule has 0 spiro atoms. The fraction of sp³-hybridized carbons (Fsp3) is 0.278. The lowest BCUT2D eigenvalue weighted by Crippen LogP contribution is -2.13. The van der Waals surface area contributed by atoms with E-state index in [1.54, 1.807) is 11.3 Å². The fourth-order valence-corrected chi connectivity index (χ4v) is 3.88. The molecule has 0 bridgehead atoms. The van der Waals surface area contributed by atoms with Gasteiger partial charge in [-0.15, -0.1) is 21.5 Å². The number of hydrogen-bond donors (Lipinski definition) is 1. The number of nitrogens with two attached hydrogens (primary N) is 1. The molecule has 0 fully saturated rings. The van der Waals surface area contributed by atoms with Crippen LogP contribution in [0.2, 0.25) is 0 Å². The highest BCUT2D eigenvalue weighted by molar-refractivity contribution is 7.99. The number of aromatic nitrogens is 3. The Morgan fingerprint density at radius 1 is 1.24 bits per heavy atom. The van der Waals surface area contributed by atoms with Gasteiger partial charge in [0.05, 0.1) is 10.6 Å². The van der Waals surface area contributed by atoms with Gasteiger partial charge in [0, 0.05) is 5.69 Å². The number of carbonyl (C=O) groups excluding carboxylic acids is 1. The molecule has 3 aromatic rings. The van der Waals surface area contributed by atoms with Gasteiger partial charge in [0.2, 0.25) is 5.91 Å². The highest BCUT2D eigenvalue weighted by Gasteiger charge is 2.17. The van der Waals surface area contributed by atoms with E-state index in [1.165, 1.54) is 30.2 Å². The molecular formula is C18H20N4OS2. The molecule has 0 radical (unpaired) electrons. The Morgan fingerprint density at radius 2 is 2.04 bits per heavy atom. The molecule has 0 atom stereocenters. The van der Waals surface area contributed by atoms with Crippen LogP contribution in [0.3, 0.4) is 0 Å². The summed E-state index contributed by atoms with van der Waals surface area (Å²) in [6.45, 7) is 2.20. The van der Waals surface area contributed by atoms with Crippen LogP contribution < -0.4 is 5.73 Å². The molecule has 5 nitrogen and oxygen atoms in total. The average Bonchev–Trinajstić information content (AvgIpc) is 3.27. The zero-order valence-corrected chi connectivity index (χ0v) is 15.6. The van der Waals surface area contributed by atoms with Crippen molar-refractivity contribution in [3.05, 3.63) is 47.3 Å². The second kappa shape index (κ2) is 8.31. The van der Waals surface area contributed by atoms with Gasteiger partial charge in [0.25, 0.3) is 0 Å². The highest BCUT2D eigenvalue weighted by atomic mass is 32.2. The summed E-state index contributed by atoms with van der Waals surface area (Å²) in [7, 11) is 0. The minimum Gasteiger partial charge on any atom is -0.369 e. The molecule has 1 aromatic carbocycles. The van der Waals surface area contributed by atoms with E-state index in [0.29, 0.717) is 5.16 Å². The first kappa shape index (κ1) is 17.7. The normalized spacial score (nSPS) is 10.9. The standard InChI is InChI=1S/C18H20N4OS2/c1-2-3-5-13-7-9-14(10-8-13)22-17(15-6-4-11-24-15)20-21-18(22)25-12-16(19)23/h4,6-11H,2-3,5,12H2,1H3,(H2,19,23). The van der Waals surface area contributed by atoms with E-state index in [9.17, 15) is 4.79 Å². The summed E-state index contributed by atoms with van der Waals surface area (Å²) in [5, 5.41) is 11.3. The number of thioether (sulfide) groups is 1. The largest absolute Gasteiger partial charge is 0.369 e. The van der Waals surface area contributed by atoms with Crippen LogP contribution in [0.4, 0.5) is 0 Å². The van der Waals surface area contributed by atoms with E-state index in [1.807, 2.05) is 22.1 Å². The topological polar surface area (TPSA) is 73.8 Å². The van der Waals surface area contributed by atoms with Crippen molar-refractivity contribution in [3.63, 3.8) is 0 Å². The zero-order valence-electron chi connectivity index (χ0n) is 14.0. The van der Waals surface area contributed by atoms with Gasteiger partial charge in [-0.2, -0.15) is 0 Å². The predicted octanol–water partition coefficient (Wildman–Crippen LogP) is 3.92. The van der Waals surface area contributed by atoms with Crippen LogP contribution in [0, 0.1) is 0 Å². The lowest BCUT2D eigenvalue weighted by molar-refractivity contribution is -0.115. The molecule has 0 aliphatic rings. The average molecular weight is 373 g/mol. The van der Waals surface area contributed by atoms with Crippen LogP contribution in [-0.2, 0) is 11.2 Å². The maximum Gasteiger partial charge on any atom is 0.227 e. The third kappa shape index (κ3) is 4.29. The summed E-state index contributed by atoms with van der Waals surface area (Å²) in [4.78, 5) is 12.2. The fourth-order valence-electron chi connectivity index (χ4n) is 2.49. The van der Waals surface area contributed by atoms with Crippen LogP contribution in [0.15, 0.2) is 46.9 Å². The Morgan fingerprint density at radius 3 is 2.68 bits per heavy atom. The number of thiophene rings is 1. The molecule has 0 aliphatic carbocycles. The van der Waals surface area contributed by atoms with Crippen LogP contribution in [-0.4, -0.2) is 26.4 Å². The monoisotopic (exact) mass is 372 g/mol. The molecule has 3 rings (SSSR count). The van der Waals surface area contributed by atoms with Crippen molar-refractivity contribution >= 4 is 29.0 Å². The van der Waals surface area contributed by atoms with Gasteiger partial charge < -0.3 is 5.73 Å². The summed E-state index contributed by atoms with van der Waals surface area (Å²) in [6.07, 6.45) is 3.45. The molecule has 2 heterocycles. The SMILES string of the molecule is CCCCc1ccc(-n2c(SCC(N)=O)nnc2-c2cccs2)cc1. The number of amides is 1. The first-order chi connectivity index (χ1) is 12.2. The molecule has 0 saturated heterocycles. The molecule has 2 aromatic heterocycles. The molecule has 1 amide bonds. The maximum atomic E-state index is 11.1. The van der Waals surface area contributed by atoms with Crippen molar-refractivity contribution in [3.8, 4) is 16.4 Å². The third-order valence-corrected chi connectivity index (χ3v) is 5.55. The summed E-state index contributed by atoms with van der Waals surface area (Å²) in [6, 6.07) is 12.5. The molecule has 130 valence electrons. The van der Waals surface area contributed by atoms with Crippen molar-refractivity contribution in [2.75, 3.05) is 5.75 Å². The first-order valence-electron chi connectivity index (χ1n) is 8.18. The summed E-state index contributed by atoms with van der Waals surface area (Å²) in [5.74, 6) is 0.590. The van der Waals surface area contributed by atoms with Crippen LogP contribution in [0.5, 0.6) is 0 Å². The number of hydrogen-bond acceptors (Lipinski definition) is 5. The van der Waals surface area contributed by atoms with Crippen LogP contribution >= 0.6 is 23.1 Å². The second-order valence-electron chi connectivity index (χ2n) is 5.64. The zero-order chi connectivity index (χ0) is 17.6. The molecule has 0 aliphatic heterocycles. The third-order valence-electron chi connectivity index (χ3n) is 3.73. The first-order valence-corrected chi connectivity index (χ1v) is 10.0. The van der Waals surface area contributed by atoms with Crippen molar-refractivity contribution in [2.45, 2.75) is 31.3 Å². The van der Waals surface area contributed by atoms with Crippen LogP contribution in [0.25, 0.3) is 16.4 Å². The lowest BCUT2D eigenvalue weighted by Gasteiger charge is -2.10. The van der Waals surface area contributed by atoms with Crippen LogP contribution in [0.1, 0.15) is 25.3 Å². The van der Waals surface area contributed by atoms with Gasteiger partial charge in [-0.25, -0.2) is 0 Å².